The number of esters is 1. The molecule has 1 aliphatic rings. The maximum atomic E-state index is 14.2. The molecule has 118 valence electrons. The first kappa shape index (κ1) is 16.0. The second kappa shape index (κ2) is 6.17. The third-order valence-corrected chi connectivity index (χ3v) is 3.84. The van der Waals surface area contributed by atoms with Gasteiger partial charge in [-0.3, -0.25) is 0 Å². The Hall–Kier alpha value is -2.37. The number of likely N-dealkylation sites (N-methyl/N-ethyl adjacent to an activating group) is 1. The molecule has 1 atom stereocenters. The summed E-state index contributed by atoms with van der Waals surface area (Å²) in [6.07, 6.45) is 0. The Bertz CT molecular complexity index is 642. The van der Waals surface area contributed by atoms with Gasteiger partial charge in [0.15, 0.2) is 0 Å². The van der Waals surface area contributed by atoms with Crippen LogP contribution in [0.2, 0.25) is 0 Å². The number of carbonyl (C=O) groups excluding carboxylic acids is 2. The van der Waals surface area contributed by atoms with Crippen molar-refractivity contribution in [1.82, 2.24) is 9.80 Å². The van der Waals surface area contributed by atoms with Crippen LogP contribution in [0.3, 0.4) is 0 Å². The number of halogens is 1. The number of ether oxygens (including phenoxy) is 1. The summed E-state index contributed by atoms with van der Waals surface area (Å²) in [6.45, 7) is 3.57. The van der Waals surface area contributed by atoms with Gasteiger partial charge in [-0.1, -0.05) is 18.2 Å². The SMILES string of the molecule is CCOC(=O)C1=C(C)N(C)C(=O)N(C)C1c1ccccc1F. The van der Waals surface area contributed by atoms with Gasteiger partial charge < -0.3 is 14.5 Å². The zero-order chi connectivity index (χ0) is 16.4. The van der Waals surface area contributed by atoms with Crippen LogP contribution in [0.4, 0.5) is 9.18 Å². The Morgan fingerprint density at radius 3 is 2.55 bits per heavy atom. The number of amides is 2. The molecule has 0 aromatic heterocycles. The van der Waals surface area contributed by atoms with Crippen molar-refractivity contribution < 1.29 is 18.7 Å². The molecule has 0 fully saturated rings. The van der Waals surface area contributed by atoms with Crippen molar-refractivity contribution >= 4 is 12.0 Å². The maximum absolute atomic E-state index is 14.2. The minimum Gasteiger partial charge on any atom is -0.463 e. The van der Waals surface area contributed by atoms with E-state index in [1.807, 2.05) is 0 Å². The zero-order valence-electron chi connectivity index (χ0n) is 13.1. The average molecular weight is 306 g/mol. The maximum Gasteiger partial charge on any atom is 0.338 e. The molecule has 0 bridgehead atoms. The Morgan fingerprint density at radius 2 is 1.95 bits per heavy atom. The summed E-state index contributed by atoms with van der Waals surface area (Å²) in [7, 11) is 3.12. The van der Waals surface area contributed by atoms with Crippen LogP contribution in [-0.4, -0.2) is 42.5 Å². The van der Waals surface area contributed by atoms with Crippen LogP contribution in [0.5, 0.6) is 0 Å². The molecule has 1 aromatic carbocycles. The standard InChI is InChI=1S/C16H19FN2O3/c1-5-22-15(20)13-10(2)18(3)16(21)19(4)14(13)11-8-6-7-9-12(11)17/h6-9,14H,5H2,1-4H3. The Balaban J connectivity index is 2.63. The first-order valence-electron chi connectivity index (χ1n) is 7.03. The molecule has 5 nitrogen and oxygen atoms in total. The van der Waals surface area contributed by atoms with Gasteiger partial charge in [0, 0.05) is 25.4 Å². The van der Waals surface area contributed by atoms with E-state index in [1.54, 1.807) is 46.1 Å². The quantitative estimate of drug-likeness (QED) is 0.807. The molecule has 0 aliphatic carbocycles. The van der Waals surface area contributed by atoms with Crippen LogP contribution in [0.15, 0.2) is 35.5 Å². The van der Waals surface area contributed by atoms with Crippen LogP contribution in [-0.2, 0) is 9.53 Å². The lowest BCUT2D eigenvalue weighted by molar-refractivity contribution is -0.139. The van der Waals surface area contributed by atoms with E-state index in [-0.39, 0.29) is 23.8 Å². The minimum atomic E-state index is -0.802. The molecular weight excluding hydrogens is 287 g/mol. The number of allylic oxidation sites excluding steroid dienone is 1. The van der Waals surface area contributed by atoms with E-state index in [9.17, 15) is 14.0 Å². The second-order valence-electron chi connectivity index (χ2n) is 5.10. The highest BCUT2D eigenvalue weighted by Crippen LogP contribution is 2.37. The number of nitrogens with zero attached hydrogens (tertiary/aromatic N) is 2. The monoisotopic (exact) mass is 306 g/mol. The van der Waals surface area contributed by atoms with Gasteiger partial charge in [0.05, 0.1) is 18.2 Å². The number of carbonyl (C=O) groups is 2. The Morgan fingerprint density at radius 1 is 1.32 bits per heavy atom. The minimum absolute atomic E-state index is 0.209. The number of hydrogen-bond donors (Lipinski definition) is 0. The summed E-state index contributed by atoms with van der Waals surface area (Å²) in [4.78, 5) is 27.3. The smallest absolute Gasteiger partial charge is 0.338 e. The van der Waals surface area contributed by atoms with E-state index in [4.69, 9.17) is 4.74 Å². The zero-order valence-corrected chi connectivity index (χ0v) is 13.1. The molecule has 0 saturated heterocycles. The summed E-state index contributed by atoms with van der Waals surface area (Å²) in [5, 5.41) is 0. The average Bonchev–Trinajstić information content (AvgIpc) is 2.49. The highest BCUT2D eigenvalue weighted by molar-refractivity contribution is 5.94. The number of hydrogen-bond acceptors (Lipinski definition) is 3. The van der Waals surface area contributed by atoms with Crippen LogP contribution in [0.1, 0.15) is 25.5 Å². The molecule has 22 heavy (non-hydrogen) atoms. The molecule has 0 N–H and O–H groups in total. The van der Waals surface area contributed by atoms with Crippen molar-refractivity contribution in [2.24, 2.45) is 0 Å². The first-order valence-corrected chi connectivity index (χ1v) is 7.03. The van der Waals surface area contributed by atoms with E-state index in [0.717, 1.165) is 0 Å². The van der Waals surface area contributed by atoms with Gasteiger partial charge in [0.2, 0.25) is 0 Å². The highest BCUT2D eigenvalue weighted by atomic mass is 19.1. The van der Waals surface area contributed by atoms with E-state index in [0.29, 0.717) is 5.70 Å². The summed E-state index contributed by atoms with van der Waals surface area (Å²) in [6, 6.07) is 5.01. The van der Waals surface area contributed by atoms with Gasteiger partial charge in [-0.25, -0.2) is 14.0 Å². The van der Waals surface area contributed by atoms with Gasteiger partial charge in [0.25, 0.3) is 0 Å². The number of rotatable bonds is 3. The largest absolute Gasteiger partial charge is 0.463 e. The van der Waals surface area contributed by atoms with Crippen LogP contribution < -0.4 is 0 Å². The van der Waals surface area contributed by atoms with Crippen LogP contribution in [0.25, 0.3) is 0 Å². The fourth-order valence-corrected chi connectivity index (χ4v) is 2.59. The predicted octanol–water partition coefficient (Wildman–Crippen LogP) is 2.70. The van der Waals surface area contributed by atoms with E-state index >= 15 is 0 Å². The molecule has 1 aromatic rings. The van der Waals surface area contributed by atoms with E-state index < -0.39 is 17.8 Å². The number of urea groups is 1. The molecule has 1 unspecified atom stereocenters. The van der Waals surface area contributed by atoms with Gasteiger partial charge in [-0.05, 0) is 19.9 Å². The van der Waals surface area contributed by atoms with Gasteiger partial charge in [-0.2, -0.15) is 0 Å². The lowest BCUT2D eigenvalue weighted by Crippen LogP contribution is -2.47. The van der Waals surface area contributed by atoms with Crippen molar-refractivity contribution in [3.8, 4) is 0 Å². The molecule has 2 amide bonds. The summed E-state index contributed by atoms with van der Waals surface area (Å²) in [5.74, 6) is -1.01. The van der Waals surface area contributed by atoms with Crippen molar-refractivity contribution in [2.45, 2.75) is 19.9 Å². The fraction of sp³-hybridized carbons (Fsp3) is 0.375. The fourth-order valence-electron chi connectivity index (χ4n) is 2.59. The summed E-state index contributed by atoms with van der Waals surface area (Å²) in [5.41, 5.74) is 1.01. The van der Waals surface area contributed by atoms with Gasteiger partial charge >= 0.3 is 12.0 Å². The predicted molar refractivity (Wildman–Crippen MR) is 79.4 cm³/mol. The van der Waals surface area contributed by atoms with E-state index in [1.165, 1.54) is 15.9 Å². The third-order valence-electron chi connectivity index (χ3n) is 3.84. The van der Waals surface area contributed by atoms with Crippen LogP contribution in [0, 0.1) is 5.82 Å². The van der Waals surface area contributed by atoms with Crippen molar-refractivity contribution in [3.05, 3.63) is 46.9 Å². The van der Waals surface area contributed by atoms with Crippen molar-refractivity contribution in [1.29, 1.82) is 0 Å². The topological polar surface area (TPSA) is 49.9 Å². The third kappa shape index (κ3) is 2.56. The first-order chi connectivity index (χ1) is 10.4. The van der Waals surface area contributed by atoms with Gasteiger partial charge in [-0.15, -0.1) is 0 Å². The van der Waals surface area contributed by atoms with E-state index in [2.05, 4.69) is 0 Å². The number of benzene rings is 1. The summed E-state index contributed by atoms with van der Waals surface area (Å²) < 4.78 is 19.3. The van der Waals surface area contributed by atoms with Gasteiger partial charge in [0.1, 0.15) is 5.82 Å². The highest BCUT2D eigenvalue weighted by Gasteiger charge is 2.40. The molecule has 0 spiro atoms. The molecule has 1 aliphatic heterocycles. The lowest BCUT2D eigenvalue weighted by Gasteiger charge is -2.39. The molecule has 6 heteroatoms. The summed E-state index contributed by atoms with van der Waals surface area (Å²) >= 11 is 0. The Labute approximate surface area is 129 Å². The molecular formula is C16H19FN2O3. The normalized spacial score (nSPS) is 18.8. The lowest BCUT2D eigenvalue weighted by atomic mass is 9.93. The molecule has 0 radical (unpaired) electrons. The van der Waals surface area contributed by atoms with Crippen LogP contribution >= 0.6 is 0 Å². The molecule has 2 rings (SSSR count). The van der Waals surface area contributed by atoms with Crippen molar-refractivity contribution in [3.63, 3.8) is 0 Å². The second-order valence-corrected chi connectivity index (χ2v) is 5.10. The Kier molecular flexibility index (Phi) is 4.49. The van der Waals surface area contributed by atoms with Crippen molar-refractivity contribution in [2.75, 3.05) is 20.7 Å². The molecule has 1 heterocycles. The molecule has 0 saturated carbocycles.